The van der Waals surface area contributed by atoms with Gasteiger partial charge >= 0.3 is 12.1 Å². The van der Waals surface area contributed by atoms with Gasteiger partial charge < -0.3 is 15.4 Å². The molecule has 2 atom stereocenters. The highest BCUT2D eigenvalue weighted by Crippen LogP contribution is 2.35. The predicted octanol–water partition coefficient (Wildman–Crippen LogP) is 3.28. The lowest BCUT2D eigenvalue weighted by molar-refractivity contribution is -0.191. The number of esters is 1. The molecule has 364 valence electrons. The van der Waals surface area contributed by atoms with E-state index in [-0.39, 0.29) is 29.3 Å². The Bertz CT molecular complexity index is 3290. The molecule has 0 radical (unpaired) electrons. The first-order valence-electron chi connectivity index (χ1n) is 19.6. The number of rotatable bonds is 15. The summed E-state index contributed by atoms with van der Waals surface area (Å²) in [5, 5.41) is 11.5. The largest absolute Gasteiger partial charge is 0.456 e. The highest BCUT2D eigenvalue weighted by molar-refractivity contribution is 7.92. The van der Waals surface area contributed by atoms with E-state index in [1.54, 1.807) is 63.2 Å². The van der Waals surface area contributed by atoms with Gasteiger partial charge in [0.25, 0.3) is 0 Å². The molecule has 0 fully saturated rings. The zero-order chi connectivity index (χ0) is 50.8. The van der Waals surface area contributed by atoms with Crippen LogP contribution in [-0.2, 0) is 63.6 Å². The van der Waals surface area contributed by atoms with Crippen molar-refractivity contribution < 1.29 is 62.4 Å². The first-order chi connectivity index (χ1) is 31.5. The van der Waals surface area contributed by atoms with Crippen LogP contribution in [0.1, 0.15) is 51.6 Å². The van der Waals surface area contributed by atoms with E-state index in [0.29, 0.717) is 21.3 Å². The molecule has 0 aliphatic carbocycles. The van der Waals surface area contributed by atoms with Crippen LogP contribution < -0.4 is 20.9 Å². The third-order valence-electron chi connectivity index (χ3n) is 8.92. The molecule has 0 saturated carbocycles. The molecule has 2 amide bonds. The third-order valence-corrected chi connectivity index (χ3v) is 15.5. The second-order valence-corrected chi connectivity index (χ2v) is 25.6. The van der Waals surface area contributed by atoms with Gasteiger partial charge in [-0.05, 0) is 79.4 Å². The van der Waals surface area contributed by atoms with Crippen molar-refractivity contribution in [2.24, 2.45) is 10.3 Å². The van der Waals surface area contributed by atoms with Gasteiger partial charge in [-0.2, -0.15) is 9.59 Å². The number of carbonyl (C=O) groups excluding carboxylic acids is 5. The Morgan fingerprint density at radius 2 is 0.985 bits per heavy atom. The number of nitrogens with zero attached hydrogens (tertiary/aromatic N) is 2. The predicted molar refractivity (Wildman–Crippen MR) is 257 cm³/mol. The number of amides is 2. The minimum absolute atomic E-state index is 0.0676. The lowest BCUT2D eigenvalue weighted by Gasteiger charge is -2.19. The number of sulfone groups is 2. The Kier molecular flexibility index (Phi) is 18.1. The SMILES string of the molecule is CC(C)(C)OC(=O)c1ccc(-c2ccc3nc(C(C(=O)NCCS(N)(=O)=O)S(C)(=O)=O)sc3c2)cc1.CS(=O)(=O)C(C(=O)NCCS(N)(=O)=O)c1nc2ccc(-c3ccccc3)cc2s1.O=C=O. The minimum atomic E-state index is -3.91. The number of nitrogens with two attached hydrogens (primary N) is 2. The van der Waals surface area contributed by atoms with E-state index in [9.17, 15) is 48.1 Å². The van der Waals surface area contributed by atoms with Crippen molar-refractivity contribution in [2.45, 2.75) is 36.9 Å². The van der Waals surface area contributed by atoms with Crippen molar-refractivity contribution in [3.05, 3.63) is 107 Å². The number of thiazole rings is 2. The van der Waals surface area contributed by atoms with E-state index in [1.807, 2.05) is 48.5 Å². The molecule has 0 saturated heterocycles. The molecule has 2 heterocycles. The van der Waals surface area contributed by atoms with Crippen molar-refractivity contribution in [1.82, 2.24) is 20.6 Å². The maximum absolute atomic E-state index is 12.6. The molecule has 6 rings (SSSR count). The number of sulfonamides is 2. The summed E-state index contributed by atoms with van der Waals surface area (Å²) in [6, 6.07) is 27.4. The summed E-state index contributed by atoms with van der Waals surface area (Å²) in [6.07, 6.45) is 2.11. The number of primary sulfonamides is 2. The topological polar surface area (TPSA) is 333 Å². The Morgan fingerprint density at radius 1 is 0.618 bits per heavy atom. The number of ether oxygens (including phenoxy) is 1. The summed E-state index contributed by atoms with van der Waals surface area (Å²) in [7, 11) is -15.3. The van der Waals surface area contributed by atoms with E-state index >= 15 is 0 Å². The number of hydrogen-bond acceptors (Lipinski definition) is 18. The van der Waals surface area contributed by atoms with Crippen LogP contribution in [0.2, 0.25) is 0 Å². The van der Waals surface area contributed by atoms with Crippen LogP contribution in [0.15, 0.2) is 91.0 Å². The summed E-state index contributed by atoms with van der Waals surface area (Å²) in [5.41, 5.74) is 4.48. The first-order valence-corrected chi connectivity index (χ1v) is 28.6. The molecular formula is C42H46N6O14S6. The lowest BCUT2D eigenvalue weighted by atomic mass is 10.0. The number of aromatic nitrogens is 2. The molecule has 0 aliphatic heterocycles. The normalized spacial score (nSPS) is 12.9. The van der Waals surface area contributed by atoms with Gasteiger partial charge in [0.05, 0.1) is 37.5 Å². The van der Waals surface area contributed by atoms with Gasteiger partial charge in [-0.3, -0.25) is 9.59 Å². The van der Waals surface area contributed by atoms with Crippen molar-refractivity contribution in [3.8, 4) is 22.3 Å². The fourth-order valence-corrected chi connectivity index (χ4v) is 11.9. The molecule has 26 heteroatoms. The van der Waals surface area contributed by atoms with Crippen LogP contribution in [0.4, 0.5) is 0 Å². The lowest BCUT2D eigenvalue weighted by Crippen LogP contribution is -2.37. The van der Waals surface area contributed by atoms with E-state index in [0.717, 1.165) is 62.1 Å². The second-order valence-electron chi connectivity index (χ2n) is 15.7. The Labute approximate surface area is 400 Å². The van der Waals surface area contributed by atoms with Gasteiger partial charge in [0.2, 0.25) is 31.9 Å². The van der Waals surface area contributed by atoms with Crippen LogP contribution in [0.25, 0.3) is 42.7 Å². The number of fused-ring (bicyclic) bond motifs is 2. The maximum atomic E-state index is 12.6. The summed E-state index contributed by atoms with van der Waals surface area (Å²) >= 11 is 2.17. The molecule has 68 heavy (non-hydrogen) atoms. The summed E-state index contributed by atoms with van der Waals surface area (Å²) in [5.74, 6) is -3.15. The van der Waals surface area contributed by atoms with Gasteiger partial charge in [0.15, 0.2) is 30.2 Å². The Hall–Kier alpha value is -5.83. The van der Waals surface area contributed by atoms with Crippen LogP contribution in [0.3, 0.4) is 0 Å². The first kappa shape index (κ1) is 54.8. The van der Waals surface area contributed by atoms with Crippen molar-refractivity contribution in [1.29, 1.82) is 0 Å². The maximum Gasteiger partial charge on any atom is 0.373 e. The molecule has 6 N–H and O–H groups in total. The number of carbonyl (C=O) groups is 3. The molecule has 2 unspecified atom stereocenters. The van der Waals surface area contributed by atoms with Gasteiger partial charge in [0, 0.05) is 25.6 Å². The number of hydrogen-bond donors (Lipinski definition) is 4. The number of nitrogens with one attached hydrogen (secondary N) is 2. The molecular weight excluding hydrogens is 1000 g/mol. The highest BCUT2D eigenvalue weighted by Gasteiger charge is 2.35. The smallest absolute Gasteiger partial charge is 0.373 e. The molecule has 2 aromatic heterocycles. The third kappa shape index (κ3) is 16.4. The monoisotopic (exact) mass is 1050 g/mol. The average Bonchev–Trinajstić information content (AvgIpc) is 3.82. The Balaban J connectivity index is 0.000000286. The van der Waals surface area contributed by atoms with Crippen molar-refractivity contribution >= 4 is 107 Å². The van der Waals surface area contributed by atoms with Gasteiger partial charge in [-0.15, -0.1) is 22.7 Å². The van der Waals surface area contributed by atoms with E-state index in [1.165, 1.54) is 0 Å². The second kappa shape index (κ2) is 22.5. The molecule has 4 aromatic carbocycles. The van der Waals surface area contributed by atoms with Gasteiger partial charge in [-0.1, -0.05) is 54.6 Å². The summed E-state index contributed by atoms with van der Waals surface area (Å²) in [4.78, 5) is 62.3. The quantitative estimate of drug-likeness (QED) is 0.107. The van der Waals surface area contributed by atoms with E-state index < -0.39 is 85.1 Å². The molecule has 6 aromatic rings. The van der Waals surface area contributed by atoms with Crippen LogP contribution in [0, 0.1) is 0 Å². The standard InChI is InChI=1S/C23H27N3O7S3.C18H19N3O5S3.CO2/c1-23(2,3)33-22(28)15-7-5-14(6-8-15)16-9-10-17-18(13-16)34-21(26-17)19(35(4,29)30)20(27)25-11-12-36(24,31)32;1-28(23,24)16(17(22)20-9-10-29(19,25)26)18-21-14-8-7-13(11-15(14)27-18)12-5-3-2-4-6-12;2-1-3/h5-10,13,19H,11-12H2,1-4H3,(H,25,27)(H2,24,31,32);2-8,11,16H,9-10H2,1H3,(H,20,22)(H2,19,25,26);. The van der Waals surface area contributed by atoms with Crippen LogP contribution >= 0.6 is 22.7 Å². The molecule has 20 nitrogen and oxygen atoms in total. The zero-order valence-corrected chi connectivity index (χ0v) is 41.8. The van der Waals surface area contributed by atoms with E-state index in [2.05, 4.69) is 20.6 Å². The molecule has 0 bridgehead atoms. The van der Waals surface area contributed by atoms with Gasteiger partial charge in [-0.25, -0.2) is 58.7 Å². The van der Waals surface area contributed by atoms with Crippen LogP contribution in [-0.4, -0.2) is 110 Å². The average molecular weight is 1050 g/mol. The zero-order valence-electron chi connectivity index (χ0n) is 36.9. The summed E-state index contributed by atoms with van der Waals surface area (Å²) < 4.78 is 100. The summed E-state index contributed by atoms with van der Waals surface area (Å²) in [6.45, 7) is 4.77. The number of benzene rings is 4. The van der Waals surface area contributed by atoms with E-state index in [4.69, 9.17) is 24.6 Å². The van der Waals surface area contributed by atoms with Gasteiger partial charge in [0.1, 0.15) is 15.6 Å². The Morgan fingerprint density at radius 3 is 1.34 bits per heavy atom. The minimum Gasteiger partial charge on any atom is -0.456 e. The fourth-order valence-electron chi connectivity index (χ4n) is 6.03. The van der Waals surface area contributed by atoms with Crippen molar-refractivity contribution in [3.63, 3.8) is 0 Å². The fraction of sp³-hybridized carbons (Fsp3) is 0.286. The van der Waals surface area contributed by atoms with Crippen molar-refractivity contribution in [2.75, 3.05) is 37.1 Å². The molecule has 0 spiro atoms. The van der Waals surface area contributed by atoms with Crippen LogP contribution in [0.5, 0.6) is 0 Å². The highest BCUT2D eigenvalue weighted by atomic mass is 32.2. The molecule has 0 aliphatic rings.